The summed E-state index contributed by atoms with van der Waals surface area (Å²) >= 11 is 0. The average Bonchev–Trinajstić information content (AvgIpc) is 3.27. The van der Waals surface area contributed by atoms with E-state index in [9.17, 15) is 31.1 Å². The number of halogens is 6. The van der Waals surface area contributed by atoms with Gasteiger partial charge in [-0.05, 0) is 51.4 Å². The molecule has 0 aliphatic carbocycles. The van der Waals surface area contributed by atoms with E-state index < -0.39 is 24.3 Å². The van der Waals surface area contributed by atoms with Crippen LogP contribution < -0.4 is 0 Å². The van der Waals surface area contributed by atoms with Crippen LogP contribution in [0.3, 0.4) is 0 Å². The second-order valence-corrected chi connectivity index (χ2v) is 8.69. The van der Waals surface area contributed by atoms with Gasteiger partial charge in [0.05, 0.1) is 6.04 Å². The summed E-state index contributed by atoms with van der Waals surface area (Å²) in [5.41, 5.74) is 1.81. The number of nitrogens with zero attached hydrogens (tertiary/aromatic N) is 3. The molecule has 39 heavy (non-hydrogen) atoms. The normalized spacial score (nSPS) is 17.2. The average molecular weight is 566 g/mol. The molecule has 1 aliphatic rings. The van der Waals surface area contributed by atoms with E-state index >= 15 is 0 Å². The first-order valence-corrected chi connectivity index (χ1v) is 11.5. The number of aromatic nitrogens is 1. The maximum atomic E-state index is 13.0. The van der Waals surface area contributed by atoms with Gasteiger partial charge in [-0.3, -0.25) is 14.7 Å². The van der Waals surface area contributed by atoms with Gasteiger partial charge in [0, 0.05) is 24.8 Å². The van der Waals surface area contributed by atoms with E-state index in [-0.39, 0.29) is 11.9 Å². The predicted molar refractivity (Wildman–Crippen MR) is 128 cm³/mol. The molecule has 1 aromatic carbocycles. The molecule has 8 nitrogen and oxygen atoms in total. The molecule has 3 rings (SSSR count). The van der Waals surface area contributed by atoms with Gasteiger partial charge in [0.2, 0.25) is 0 Å². The van der Waals surface area contributed by atoms with Crippen molar-refractivity contribution < 1.29 is 50.9 Å². The minimum atomic E-state index is -5.08. The van der Waals surface area contributed by atoms with Gasteiger partial charge in [-0.1, -0.05) is 36.4 Å². The molecule has 1 amide bonds. The SMILES string of the molecule is CC(C)N(C)[C@@H]1CCN(C(=O)c2ccccn2)[C@H]1Cc1ccccc1.O=C(O)C(F)(F)F.O=C(O)C(F)(F)F. The van der Waals surface area contributed by atoms with E-state index in [0.29, 0.717) is 17.8 Å². The number of carboxylic acids is 2. The summed E-state index contributed by atoms with van der Waals surface area (Å²) in [6.07, 6.45) is -6.60. The Morgan fingerprint density at radius 2 is 1.44 bits per heavy atom. The topological polar surface area (TPSA) is 111 Å². The van der Waals surface area contributed by atoms with Crippen molar-refractivity contribution in [2.24, 2.45) is 0 Å². The minimum absolute atomic E-state index is 0.0428. The summed E-state index contributed by atoms with van der Waals surface area (Å²) < 4.78 is 63.5. The zero-order valence-corrected chi connectivity index (χ0v) is 21.3. The number of rotatable bonds is 5. The second-order valence-electron chi connectivity index (χ2n) is 8.69. The molecule has 0 spiro atoms. The fraction of sp³-hybridized carbons (Fsp3) is 0.440. The maximum absolute atomic E-state index is 13.0. The van der Waals surface area contributed by atoms with Gasteiger partial charge >= 0.3 is 24.3 Å². The molecule has 2 atom stereocenters. The number of carbonyl (C=O) groups excluding carboxylic acids is 1. The van der Waals surface area contributed by atoms with E-state index in [4.69, 9.17) is 19.8 Å². The highest BCUT2D eigenvalue weighted by Crippen LogP contribution is 2.28. The molecule has 2 heterocycles. The minimum Gasteiger partial charge on any atom is -0.475 e. The molecule has 1 saturated heterocycles. The molecule has 2 N–H and O–H groups in total. The molecule has 0 radical (unpaired) electrons. The molecule has 14 heteroatoms. The van der Waals surface area contributed by atoms with Crippen LogP contribution >= 0.6 is 0 Å². The van der Waals surface area contributed by atoms with E-state index in [2.05, 4.69) is 55.0 Å². The zero-order valence-electron chi connectivity index (χ0n) is 21.3. The third-order valence-electron chi connectivity index (χ3n) is 5.77. The Bertz CT molecular complexity index is 1040. The van der Waals surface area contributed by atoms with E-state index in [1.165, 1.54) is 5.56 Å². The standard InChI is InChI=1S/C21H27N3O.2C2HF3O2/c1-16(2)23(3)19-12-14-24(21(25)18-11-7-8-13-22-18)20(19)15-17-9-5-4-6-10-17;2*3-2(4,5)1(6)7/h4-11,13,16,19-20H,12,14-15H2,1-3H3;2*(H,6,7)/t19-,20+;;/m1../s1. The Morgan fingerprint density at radius 1 is 0.949 bits per heavy atom. The highest BCUT2D eigenvalue weighted by atomic mass is 19.4. The molecule has 0 saturated carbocycles. The van der Waals surface area contributed by atoms with E-state index in [1.807, 2.05) is 23.1 Å². The van der Waals surface area contributed by atoms with Crippen molar-refractivity contribution in [3.8, 4) is 0 Å². The molecule has 1 fully saturated rings. The van der Waals surface area contributed by atoms with Gasteiger partial charge in [-0.25, -0.2) is 9.59 Å². The Kier molecular flexibility index (Phi) is 12.4. The van der Waals surface area contributed by atoms with Crippen molar-refractivity contribution in [3.63, 3.8) is 0 Å². The molecule has 1 aliphatic heterocycles. The number of likely N-dealkylation sites (N-methyl/N-ethyl adjacent to an activating group) is 1. The van der Waals surface area contributed by atoms with Crippen molar-refractivity contribution in [2.45, 2.75) is 57.2 Å². The number of alkyl halides is 6. The molecule has 0 unspecified atom stereocenters. The molecular weight excluding hydrogens is 536 g/mol. The molecule has 216 valence electrons. The number of benzene rings is 1. The Labute approximate surface area is 220 Å². The monoisotopic (exact) mass is 565 g/mol. The van der Waals surface area contributed by atoms with Crippen LogP contribution in [-0.4, -0.2) is 86.9 Å². The number of hydrogen-bond acceptors (Lipinski definition) is 5. The number of pyridine rings is 1. The zero-order chi connectivity index (χ0) is 30.0. The fourth-order valence-corrected chi connectivity index (χ4v) is 3.69. The number of carbonyl (C=O) groups is 3. The largest absolute Gasteiger partial charge is 0.490 e. The number of hydrogen-bond donors (Lipinski definition) is 2. The Hall–Kier alpha value is -3.68. The van der Waals surface area contributed by atoms with Crippen LogP contribution in [0.1, 0.15) is 36.3 Å². The molecule has 1 aromatic heterocycles. The smallest absolute Gasteiger partial charge is 0.475 e. The van der Waals surface area contributed by atoms with Crippen LogP contribution in [0.2, 0.25) is 0 Å². The van der Waals surface area contributed by atoms with Crippen LogP contribution in [0.4, 0.5) is 26.3 Å². The van der Waals surface area contributed by atoms with Crippen molar-refractivity contribution in [1.82, 2.24) is 14.8 Å². The summed E-state index contributed by atoms with van der Waals surface area (Å²) in [5.74, 6) is -5.47. The Balaban J connectivity index is 0.000000449. The number of carboxylic acid groups (broad SMARTS) is 2. The third-order valence-corrected chi connectivity index (χ3v) is 5.77. The number of amides is 1. The van der Waals surface area contributed by atoms with Crippen LogP contribution in [0.5, 0.6) is 0 Å². The van der Waals surface area contributed by atoms with Crippen LogP contribution in [0.15, 0.2) is 54.7 Å². The van der Waals surface area contributed by atoms with Crippen LogP contribution in [0, 0.1) is 0 Å². The first-order chi connectivity index (χ1) is 18.0. The number of aliphatic carboxylic acids is 2. The molecule has 2 aromatic rings. The fourth-order valence-electron chi connectivity index (χ4n) is 3.69. The highest BCUT2D eigenvalue weighted by molar-refractivity contribution is 5.92. The summed E-state index contributed by atoms with van der Waals surface area (Å²) in [4.78, 5) is 39.5. The van der Waals surface area contributed by atoms with Crippen molar-refractivity contribution in [2.75, 3.05) is 13.6 Å². The first kappa shape index (κ1) is 33.3. The quantitative estimate of drug-likeness (QED) is 0.513. The van der Waals surface area contributed by atoms with Crippen molar-refractivity contribution in [1.29, 1.82) is 0 Å². The summed E-state index contributed by atoms with van der Waals surface area (Å²) in [6.45, 7) is 5.21. The lowest BCUT2D eigenvalue weighted by Gasteiger charge is -2.35. The lowest BCUT2D eigenvalue weighted by molar-refractivity contribution is -0.193. The molecular formula is C25H29F6N3O5. The first-order valence-electron chi connectivity index (χ1n) is 11.5. The van der Waals surface area contributed by atoms with E-state index in [1.54, 1.807) is 12.3 Å². The lowest BCUT2D eigenvalue weighted by atomic mass is 9.98. The van der Waals surface area contributed by atoms with Gasteiger partial charge in [-0.2, -0.15) is 26.3 Å². The van der Waals surface area contributed by atoms with Crippen LogP contribution in [0.25, 0.3) is 0 Å². The van der Waals surface area contributed by atoms with Crippen molar-refractivity contribution in [3.05, 3.63) is 66.0 Å². The third kappa shape index (κ3) is 10.9. The van der Waals surface area contributed by atoms with Gasteiger partial charge in [0.1, 0.15) is 5.69 Å². The summed E-state index contributed by atoms with van der Waals surface area (Å²) in [6, 6.07) is 17.0. The molecule has 0 bridgehead atoms. The Morgan fingerprint density at radius 3 is 1.85 bits per heavy atom. The predicted octanol–water partition coefficient (Wildman–Crippen LogP) is 4.51. The maximum Gasteiger partial charge on any atom is 0.490 e. The highest BCUT2D eigenvalue weighted by Gasteiger charge is 2.40. The second kappa shape index (κ2) is 14.5. The van der Waals surface area contributed by atoms with Gasteiger partial charge in [0.25, 0.3) is 5.91 Å². The van der Waals surface area contributed by atoms with Crippen molar-refractivity contribution >= 4 is 17.8 Å². The van der Waals surface area contributed by atoms with Crippen LogP contribution in [-0.2, 0) is 16.0 Å². The van der Waals surface area contributed by atoms with Gasteiger partial charge < -0.3 is 15.1 Å². The number of likely N-dealkylation sites (tertiary alicyclic amines) is 1. The summed E-state index contributed by atoms with van der Waals surface area (Å²) in [7, 11) is 2.17. The van der Waals surface area contributed by atoms with E-state index in [0.717, 1.165) is 19.4 Å². The van der Waals surface area contributed by atoms with Gasteiger partial charge in [-0.15, -0.1) is 0 Å². The summed E-state index contributed by atoms with van der Waals surface area (Å²) in [5, 5.41) is 14.2. The lowest BCUT2D eigenvalue weighted by Crippen LogP contribution is -2.48. The van der Waals surface area contributed by atoms with Gasteiger partial charge in [0.15, 0.2) is 0 Å².